The number of unbranched alkanes of at least 4 members (excludes halogenated alkanes) is 1. The van der Waals surface area contributed by atoms with Crippen molar-refractivity contribution in [1.29, 1.82) is 0 Å². The Morgan fingerprint density at radius 2 is 2.06 bits per heavy atom. The van der Waals surface area contributed by atoms with Gasteiger partial charge in [-0.15, -0.1) is 0 Å². The minimum Gasteiger partial charge on any atom is -0.496 e. The highest BCUT2D eigenvalue weighted by molar-refractivity contribution is 5.91. The van der Waals surface area contributed by atoms with Crippen molar-refractivity contribution < 1.29 is 19.4 Å². The molecule has 166 valence electrons. The Balaban J connectivity index is 2.06. The van der Waals surface area contributed by atoms with Crippen LogP contribution in [0.1, 0.15) is 36.6 Å². The number of aryl methyl sites for hydroxylation is 1. The van der Waals surface area contributed by atoms with E-state index in [2.05, 4.69) is 37.4 Å². The summed E-state index contributed by atoms with van der Waals surface area (Å²) in [6.45, 7) is 5.05. The van der Waals surface area contributed by atoms with Gasteiger partial charge in [0.25, 0.3) is 0 Å². The number of aliphatic hydroxyl groups excluding tert-OH is 1. The smallest absolute Gasteiger partial charge is 0.413 e. The molecule has 10 heteroatoms. The Labute approximate surface area is 180 Å². The first kappa shape index (κ1) is 22.3. The van der Waals surface area contributed by atoms with Gasteiger partial charge in [0.15, 0.2) is 5.82 Å². The number of ether oxygens (including phenoxy) is 2. The molecule has 2 aromatic heterocycles. The van der Waals surface area contributed by atoms with Gasteiger partial charge in [0.05, 0.1) is 33.1 Å². The molecular formula is C21H28N6O4. The Morgan fingerprint density at radius 1 is 1.26 bits per heavy atom. The van der Waals surface area contributed by atoms with Crippen molar-refractivity contribution in [2.24, 2.45) is 0 Å². The highest BCUT2D eigenvalue weighted by atomic mass is 16.5. The zero-order chi connectivity index (χ0) is 22.4. The average Bonchev–Trinajstić information content (AvgIpc) is 3.09. The van der Waals surface area contributed by atoms with Crippen LogP contribution in [0.2, 0.25) is 0 Å². The molecule has 3 aromatic rings. The molecule has 0 fully saturated rings. The Hall–Kier alpha value is -3.40. The third-order valence-electron chi connectivity index (χ3n) is 4.83. The van der Waals surface area contributed by atoms with Crippen molar-refractivity contribution in [3.63, 3.8) is 0 Å². The summed E-state index contributed by atoms with van der Waals surface area (Å²) in [7, 11) is 2.88. The van der Waals surface area contributed by atoms with Crippen LogP contribution in [0.15, 0.2) is 18.2 Å². The Bertz CT molecular complexity index is 1070. The van der Waals surface area contributed by atoms with E-state index in [1.54, 1.807) is 7.11 Å². The van der Waals surface area contributed by atoms with Crippen LogP contribution < -0.4 is 15.4 Å². The summed E-state index contributed by atoms with van der Waals surface area (Å²) in [6.07, 6.45) is 1.35. The molecule has 0 radical (unpaired) electrons. The number of nitrogens with one attached hydrogen (secondary N) is 2. The topological polar surface area (TPSA) is 123 Å². The maximum Gasteiger partial charge on any atom is 0.413 e. The van der Waals surface area contributed by atoms with E-state index in [4.69, 9.17) is 4.74 Å². The van der Waals surface area contributed by atoms with Gasteiger partial charge in [0.1, 0.15) is 16.8 Å². The molecule has 0 atom stereocenters. The predicted octanol–water partition coefficient (Wildman–Crippen LogP) is 3.07. The van der Waals surface area contributed by atoms with Gasteiger partial charge in [-0.3, -0.25) is 10.00 Å². The summed E-state index contributed by atoms with van der Waals surface area (Å²) >= 11 is 0. The third-order valence-corrected chi connectivity index (χ3v) is 4.83. The molecule has 2 heterocycles. The lowest BCUT2D eigenvalue weighted by atomic mass is 10.1. The minimum atomic E-state index is -0.641. The zero-order valence-electron chi connectivity index (χ0n) is 18.2. The van der Waals surface area contributed by atoms with E-state index in [1.165, 1.54) is 7.11 Å². The number of aromatic nitrogens is 4. The first-order chi connectivity index (χ1) is 15.0. The number of benzene rings is 1. The van der Waals surface area contributed by atoms with Crippen molar-refractivity contribution in [1.82, 2.24) is 19.7 Å². The summed E-state index contributed by atoms with van der Waals surface area (Å²) in [5.41, 5.74) is 3.74. The van der Waals surface area contributed by atoms with E-state index in [0.717, 1.165) is 36.0 Å². The fraction of sp³-hybridized carbons (Fsp3) is 0.429. The lowest BCUT2D eigenvalue weighted by molar-refractivity contribution is 0.186. The maximum atomic E-state index is 11.7. The monoisotopic (exact) mass is 428 g/mol. The molecule has 3 N–H and O–H groups in total. The van der Waals surface area contributed by atoms with Crippen LogP contribution in [-0.4, -0.2) is 51.7 Å². The van der Waals surface area contributed by atoms with Gasteiger partial charge in [-0.05, 0) is 25.0 Å². The molecule has 1 amide bonds. The third kappa shape index (κ3) is 5.02. The van der Waals surface area contributed by atoms with Crippen molar-refractivity contribution in [2.45, 2.75) is 39.8 Å². The van der Waals surface area contributed by atoms with Crippen molar-refractivity contribution in [3.05, 3.63) is 35.0 Å². The predicted molar refractivity (Wildman–Crippen MR) is 118 cm³/mol. The number of anilines is 2. The van der Waals surface area contributed by atoms with E-state index in [1.807, 2.05) is 29.8 Å². The number of fused-ring (bicyclic) bond motifs is 1. The van der Waals surface area contributed by atoms with Crippen LogP contribution >= 0.6 is 0 Å². The largest absolute Gasteiger partial charge is 0.496 e. The van der Waals surface area contributed by atoms with Crippen LogP contribution in [0.3, 0.4) is 0 Å². The van der Waals surface area contributed by atoms with E-state index in [-0.39, 0.29) is 12.6 Å². The minimum absolute atomic E-state index is 0.0598. The van der Waals surface area contributed by atoms with Gasteiger partial charge in [-0.1, -0.05) is 25.5 Å². The number of carbonyl (C=O) groups is 1. The molecule has 0 aliphatic heterocycles. The Kier molecular flexibility index (Phi) is 7.24. The zero-order valence-corrected chi connectivity index (χ0v) is 18.2. The molecule has 0 saturated heterocycles. The molecule has 0 aliphatic carbocycles. The van der Waals surface area contributed by atoms with Crippen LogP contribution in [0, 0.1) is 6.92 Å². The van der Waals surface area contributed by atoms with Gasteiger partial charge >= 0.3 is 6.09 Å². The molecule has 31 heavy (non-hydrogen) atoms. The molecule has 0 aliphatic rings. The van der Waals surface area contributed by atoms with Gasteiger partial charge < -0.3 is 19.9 Å². The van der Waals surface area contributed by atoms with Gasteiger partial charge in [-0.2, -0.15) is 10.1 Å². The number of aliphatic hydroxyl groups is 1. The second-order valence-electron chi connectivity index (χ2n) is 7.04. The number of carbonyl (C=O) groups excluding carboxylic acids is 1. The Morgan fingerprint density at radius 3 is 2.74 bits per heavy atom. The average molecular weight is 428 g/mol. The van der Waals surface area contributed by atoms with Crippen LogP contribution in [0.5, 0.6) is 5.75 Å². The van der Waals surface area contributed by atoms with Gasteiger partial charge in [-0.25, -0.2) is 9.78 Å². The van der Waals surface area contributed by atoms with E-state index < -0.39 is 6.09 Å². The maximum absolute atomic E-state index is 11.7. The summed E-state index contributed by atoms with van der Waals surface area (Å²) in [5.74, 6) is 1.39. The number of hydrogen-bond donors (Lipinski definition) is 3. The lowest BCUT2D eigenvalue weighted by Gasteiger charge is -2.13. The summed E-state index contributed by atoms with van der Waals surface area (Å²) < 4.78 is 12.0. The number of rotatable bonds is 9. The van der Waals surface area contributed by atoms with Crippen molar-refractivity contribution in [3.8, 4) is 5.75 Å². The summed E-state index contributed by atoms with van der Waals surface area (Å²) in [6, 6.07) is 5.57. The molecule has 10 nitrogen and oxygen atoms in total. The fourth-order valence-corrected chi connectivity index (χ4v) is 3.23. The van der Waals surface area contributed by atoms with Crippen molar-refractivity contribution in [2.75, 3.05) is 31.4 Å². The molecule has 0 unspecified atom stereocenters. The lowest BCUT2D eigenvalue weighted by Crippen LogP contribution is -2.15. The van der Waals surface area contributed by atoms with Crippen LogP contribution in [0.4, 0.5) is 16.6 Å². The van der Waals surface area contributed by atoms with E-state index >= 15 is 0 Å². The SMILES string of the molecule is CCCCNc1nc(NC(=O)OC)nc2c(C)nn(Cc3ccc(CO)cc3OC)c12. The standard InChI is InChI=1S/C21H28N6O4/c1-5-6-9-22-19-18-17(23-20(24-19)25-21(29)31-4)13(2)26-27(18)11-15-8-7-14(12-28)10-16(15)30-3/h7-8,10,28H,5-6,9,11-12H2,1-4H3,(H2,22,23,24,25,29). The highest BCUT2D eigenvalue weighted by Crippen LogP contribution is 2.28. The van der Waals surface area contributed by atoms with Crippen LogP contribution in [-0.2, 0) is 17.9 Å². The van der Waals surface area contributed by atoms with Gasteiger partial charge in [0.2, 0.25) is 5.95 Å². The molecule has 0 spiro atoms. The normalized spacial score (nSPS) is 10.9. The molecule has 0 bridgehead atoms. The van der Waals surface area contributed by atoms with E-state index in [0.29, 0.717) is 29.3 Å². The molecule has 0 saturated carbocycles. The first-order valence-electron chi connectivity index (χ1n) is 10.1. The number of amides is 1. The number of hydrogen-bond acceptors (Lipinski definition) is 8. The summed E-state index contributed by atoms with van der Waals surface area (Å²) in [5, 5.41) is 19.9. The molecule has 1 aromatic carbocycles. The first-order valence-corrected chi connectivity index (χ1v) is 10.1. The number of nitrogens with zero attached hydrogens (tertiary/aromatic N) is 4. The fourth-order valence-electron chi connectivity index (χ4n) is 3.23. The van der Waals surface area contributed by atoms with Crippen LogP contribution in [0.25, 0.3) is 11.0 Å². The molecular weight excluding hydrogens is 400 g/mol. The van der Waals surface area contributed by atoms with Gasteiger partial charge in [0, 0.05) is 12.1 Å². The van der Waals surface area contributed by atoms with Crippen molar-refractivity contribution >= 4 is 28.9 Å². The quantitative estimate of drug-likeness (QED) is 0.444. The second kappa shape index (κ2) is 10.1. The number of methoxy groups -OCH3 is 2. The molecule has 3 rings (SSSR count). The van der Waals surface area contributed by atoms with E-state index in [9.17, 15) is 9.90 Å². The highest BCUT2D eigenvalue weighted by Gasteiger charge is 2.19. The summed E-state index contributed by atoms with van der Waals surface area (Å²) in [4.78, 5) is 20.6. The second-order valence-corrected chi connectivity index (χ2v) is 7.04.